The highest BCUT2D eigenvalue weighted by molar-refractivity contribution is 7.89. The maximum Gasteiger partial charge on any atom is 0.241 e. The monoisotopic (exact) mass is 310 g/mol. The van der Waals surface area contributed by atoms with Crippen LogP contribution in [0.1, 0.15) is 12.5 Å². The zero-order valence-corrected chi connectivity index (χ0v) is 13.0. The van der Waals surface area contributed by atoms with E-state index in [0.29, 0.717) is 17.9 Å². The zero-order valence-electron chi connectivity index (χ0n) is 12.1. The van der Waals surface area contributed by atoms with E-state index in [1.54, 1.807) is 50.2 Å². The van der Waals surface area contributed by atoms with Gasteiger partial charge in [-0.15, -0.1) is 0 Å². The average molecular weight is 310 g/mol. The molecule has 0 amide bonds. The minimum Gasteiger partial charge on any atom is -0.497 e. The second-order valence-corrected chi connectivity index (χ2v) is 6.45. The molecule has 0 aliphatic carbocycles. The van der Waals surface area contributed by atoms with Gasteiger partial charge in [0.05, 0.1) is 18.6 Å². The molecule has 0 saturated carbocycles. The van der Waals surface area contributed by atoms with Gasteiger partial charge >= 0.3 is 0 Å². The quantitative estimate of drug-likeness (QED) is 0.859. The van der Waals surface area contributed by atoms with Crippen molar-refractivity contribution in [2.45, 2.75) is 31.3 Å². The van der Waals surface area contributed by atoms with Crippen LogP contribution in [-0.4, -0.2) is 36.3 Å². The van der Waals surface area contributed by atoms with Crippen molar-refractivity contribution in [3.8, 4) is 5.75 Å². The van der Waals surface area contributed by atoms with Gasteiger partial charge in [0.1, 0.15) is 18.4 Å². The summed E-state index contributed by atoms with van der Waals surface area (Å²) in [6, 6.07) is 4.55. The average Bonchev–Trinajstić information content (AvgIpc) is 2.90. The van der Waals surface area contributed by atoms with Crippen molar-refractivity contribution in [2.24, 2.45) is 0 Å². The van der Waals surface area contributed by atoms with Crippen LogP contribution in [0.5, 0.6) is 5.75 Å². The predicted octanol–water partition coefficient (Wildman–Crippen LogP) is 0.962. The molecule has 0 radical (unpaired) electrons. The largest absolute Gasteiger partial charge is 0.497 e. The van der Waals surface area contributed by atoms with Crippen molar-refractivity contribution in [2.75, 3.05) is 7.11 Å². The summed E-state index contributed by atoms with van der Waals surface area (Å²) in [5.41, 5.74) is 0.634. The number of aromatic nitrogens is 3. The van der Waals surface area contributed by atoms with E-state index in [2.05, 4.69) is 14.8 Å². The van der Waals surface area contributed by atoms with Crippen molar-refractivity contribution in [3.05, 3.63) is 36.4 Å². The van der Waals surface area contributed by atoms with E-state index in [9.17, 15) is 8.42 Å². The molecule has 21 heavy (non-hydrogen) atoms. The Morgan fingerprint density at radius 3 is 2.76 bits per heavy atom. The van der Waals surface area contributed by atoms with Crippen LogP contribution in [0.4, 0.5) is 0 Å². The highest BCUT2D eigenvalue weighted by Crippen LogP contribution is 2.21. The first kappa shape index (κ1) is 15.5. The van der Waals surface area contributed by atoms with E-state index in [4.69, 9.17) is 4.74 Å². The van der Waals surface area contributed by atoms with Crippen LogP contribution < -0.4 is 9.46 Å². The molecule has 1 aromatic carbocycles. The van der Waals surface area contributed by atoms with E-state index in [1.165, 1.54) is 6.33 Å². The Hall–Kier alpha value is -1.93. The summed E-state index contributed by atoms with van der Waals surface area (Å²) in [6.07, 6.45) is 2.96. The van der Waals surface area contributed by atoms with Crippen LogP contribution in [0, 0.1) is 6.92 Å². The van der Waals surface area contributed by atoms with E-state index >= 15 is 0 Å². The van der Waals surface area contributed by atoms with Gasteiger partial charge in [0, 0.05) is 6.04 Å². The van der Waals surface area contributed by atoms with Crippen LogP contribution in [0.25, 0.3) is 0 Å². The highest BCUT2D eigenvalue weighted by atomic mass is 32.2. The Kier molecular flexibility index (Phi) is 4.59. The van der Waals surface area contributed by atoms with Crippen LogP contribution in [0.15, 0.2) is 35.7 Å². The topological polar surface area (TPSA) is 86.1 Å². The third-order valence-corrected chi connectivity index (χ3v) is 4.71. The summed E-state index contributed by atoms with van der Waals surface area (Å²) in [5, 5.41) is 3.95. The molecular formula is C13H18N4O3S. The number of rotatable bonds is 6. The Bertz CT molecular complexity index is 698. The van der Waals surface area contributed by atoms with Gasteiger partial charge in [0.25, 0.3) is 0 Å². The first-order valence-corrected chi connectivity index (χ1v) is 7.90. The molecule has 7 nitrogen and oxygen atoms in total. The summed E-state index contributed by atoms with van der Waals surface area (Å²) in [4.78, 5) is 4.07. The van der Waals surface area contributed by atoms with Crippen LogP contribution in [0.2, 0.25) is 0 Å². The third-order valence-electron chi connectivity index (χ3n) is 2.96. The molecular weight excluding hydrogens is 292 g/mol. The smallest absolute Gasteiger partial charge is 0.241 e. The molecule has 0 fully saturated rings. The van der Waals surface area contributed by atoms with E-state index in [0.717, 1.165) is 0 Å². The molecule has 2 aromatic rings. The third kappa shape index (κ3) is 3.79. The van der Waals surface area contributed by atoms with Gasteiger partial charge in [-0.1, -0.05) is 0 Å². The normalized spacial score (nSPS) is 13.1. The fourth-order valence-corrected chi connectivity index (χ4v) is 3.48. The molecule has 114 valence electrons. The van der Waals surface area contributed by atoms with Crippen molar-refractivity contribution >= 4 is 10.0 Å². The van der Waals surface area contributed by atoms with Crippen LogP contribution in [-0.2, 0) is 16.6 Å². The van der Waals surface area contributed by atoms with Crippen LogP contribution in [0.3, 0.4) is 0 Å². The number of methoxy groups -OCH3 is 1. The number of ether oxygens (including phenoxy) is 1. The Labute approximate surface area is 124 Å². The number of benzene rings is 1. The first-order valence-electron chi connectivity index (χ1n) is 6.42. The number of nitrogens with one attached hydrogen (secondary N) is 1. The summed E-state index contributed by atoms with van der Waals surface area (Å²) < 4.78 is 34.1. The molecule has 1 unspecified atom stereocenters. The van der Waals surface area contributed by atoms with Gasteiger partial charge in [-0.05, 0) is 37.6 Å². The lowest BCUT2D eigenvalue weighted by molar-refractivity contribution is 0.414. The number of sulfonamides is 1. The number of aryl methyl sites for hydroxylation is 1. The summed E-state index contributed by atoms with van der Waals surface area (Å²) in [5.74, 6) is 0.627. The molecule has 1 heterocycles. The Morgan fingerprint density at radius 2 is 2.19 bits per heavy atom. The Balaban J connectivity index is 2.14. The summed E-state index contributed by atoms with van der Waals surface area (Å²) >= 11 is 0. The minimum atomic E-state index is -3.59. The summed E-state index contributed by atoms with van der Waals surface area (Å²) in [7, 11) is -2.04. The lowest BCUT2D eigenvalue weighted by Gasteiger charge is -2.15. The fraction of sp³-hybridized carbons (Fsp3) is 0.385. The predicted molar refractivity (Wildman–Crippen MR) is 77.5 cm³/mol. The zero-order chi connectivity index (χ0) is 15.5. The van der Waals surface area contributed by atoms with Crippen molar-refractivity contribution in [1.29, 1.82) is 0 Å². The van der Waals surface area contributed by atoms with Gasteiger partial charge in [0.2, 0.25) is 10.0 Å². The summed E-state index contributed by atoms with van der Waals surface area (Å²) in [6.45, 7) is 3.92. The Morgan fingerprint density at radius 1 is 1.43 bits per heavy atom. The van der Waals surface area contributed by atoms with Crippen LogP contribution >= 0.6 is 0 Å². The number of hydrogen-bond acceptors (Lipinski definition) is 5. The SMILES string of the molecule is COc1ccc(S(=O)(=O)NC(C)Cn2cncn2)c(C)c1. The number of hydrogen-bond donors (Lipinski definition) is 1. The molecule has 0 aliphatic heterocycles. The maximum absolute atomic E-state index is 12.4. The molecule has 0 bridgehead atoms. The van der Waals surface area contributed by atoms with E-state index in [-0.39, 0.29) is 10.9 Å². The fourth-order valence-electron chi connectivity index (χ4n) is 2.02. The van der Waals surface area contributed by atoms with Gasteiger partial charge in [-0.25, -0.2) is 18.1 Å². The molecule has 0 aliphatic rings. The molecule has 8 heteroatoms. The molecule has 0 spiro atoms. The lowest BCUT2D eigenvalue weighted by Crippen LogP contribution is -2.36. The maximum atomic E-state index is 12.4. The minimum absolute atomic E-state index is 0.244. The number of nitrogens with zero attached hydrogens (tertiary/aromatic N) is 3. The standard InChI is InChI=1S/C13H18N4O3S/c1-10-6-12(20-3)4-5-13(10)21(18,19)16-11(2)7-17-9-14-8-15-17/h4-6,8-9,11,16H,7H2,1-3H3. The molecule has 1 aromatic heterocycles. The van der Waals surface area contributed by atoms with E-state index in [1.807, 2.05) is 0 Å². The molecule has 1 atom stereocenters. The molecule has 1 N–H and O–H groups in total. The molecule has 0 saturated heterocycles. The lowest BCUT2D eigenvalue weighted by atomic mass is 10.2. The van der Waals surface area contributed by atoms with Crippen molar-refractivity contribution < 1.29 is 13.2 Å². The highest BCUT2D eigenvalue weighted by Gasteiger charge is 2.20. The van der Waals surface area contributed by atoms with Crippen molar-refractivity contribution in [3.63, 3.8) is 0 Å². The second-order valence-electron chi connectivity index (χ2n) is 4.77. The van der Waals surface area contributed by atoms with Crippen molar-refractivity contribution in [1.82, 2.24) is 19.5 Å². The van der Waals surface area contributed by atoms with E-state index < -0.39 is 10.0 Å². The second kappa shape index (κ2) is 6.23. The van der Waals surface area contributed by atoms with Gasteiger partial charge in [-0.3, -0.25) is 4.68 Å². The van der Waals surface area contributed by atoms with Gasteiger partial charge in [-0.2, -0.15) is 5.10 Å². The van der Waals surface area contributed by atoms with Gasteiger partial charge in [0.15, 0.2) is 0 Å². The molecule has 2 rings (SSSR count). The van der Waals surface area contributed by atoms with Gasteiger partial charge < -0.3 is 4.74 Å². The first-order chi connectivity index (χ1) is 9.92.